The molecule has 0 saturated heterocycles. The van der Waals surface area contributed by atoms with E-state index in [1.165, 1.54) is 12.1 Å². The summed E-state index contributed by atoms with van der Waals surface area (Å²) < 4.78 is 13.5. The lowest BCUT2D eigenvalue weighted by Crippen LogP contribution is -2.26. The Morgan fingerprint density at radius 2 is 1.71 bits per heavy atom. The highest BCUT2D eigenvalue weighted by molar-refractivity contribution is 5.99. The largest absolute Gasteiger partial charge is 0.353 e. The van der Waals surface area contributed by atoms with E-state index in [2.05, 4.69) is 16.0 Å². The summed E-state index contributed by atoms with van der Waals surface area (Å²) in [5.41, 5.74) is 1.55. The fraction of sp³-hybridized carbons (Fsp3) is 0.222. The lowest BCUT2D eigenvalue weighted by Gasteiger charge is -2.09. The number of carbonyl (C=O) groups is 2. The number of benzene rings is 2. The molecule has 3 rings (SSSR count). The summed E-state index contributed by atoms with van der Waals surface area (Å²) in [4.78, 5) is 23.6. The van der Waals surface area contributed by atoms with Crippen molar-refractivity contribution in [2.75, 3.05) is 10.6 Å². The molecule has 3 amide bonds. The van der Waals surface area contributed by atoms with Crippen LogP contribution < -0.4 is 16.0 Å². The van der Waals surface area contributed by atoms with Crippen LogP contribution in [0.15, 0.2) is 48.5 Å². The minimum absolute atomic E-state index is 0.00973. The predicted octanol–water partition coefficient (Wildman–Crippen LogP) is 3.29. The Balaban J connectivity index is 1.52. The first-order chi connectivity index (χ1) is 11.6. The van der Waals surface area contributed by atoms with Gasteiger partial charge in [-0.1, -0.05) is 24.3 Å². The fourth-order valence-corrected chi connectivity index (χ4v) is 2.24. The molecule has 1 fully saturated rings. The number of hydrogen-bond acceptors (Lipinski definition) is 2. The van der Waals surface area contributed by atoms with Crippen molar-refractivity contribution in [2.24, 2.45) is 0 Å². The maximum Gasteiger partial charge on any atom is 0.323 e. The quantitative estimate of drug-likeness (QED) is 0.788. The average Bonchev–Trinajstić information content (AvgIpc) is 3.35. The van der Waals surface area contributed by atoms with Gasteiger partial charge in [0.15, 0.2) is 0 Å². The number of urea groups is 1. The van der Waals surface area contributed by atoms with E-state index in [1.807, 2.05) is 0 Å². The van der Waals surface area contributed by atoms with E-state index in [0.29, 0.717) is 18.2 Å². The molecule has 0 aromatic heterocycles. The second kappa shape index (κ2) is 7.12. The van der Waals surface area contributed by atoms with E-state index in [0.717, 1.165) is 18.4 Å². The summed E-state index contributed by atoms with van der Waals surface area (Å²) in [6.45, 7) is 0. The van der Waals surface area contributed by atoms with Crippen molar-refractivity contribution in [2.45, 2.75) is 25.3 Å². The molecule has 3 N–H and O–H groups in total. The maximum atomic E-state index is 13.5. The Bertz CT molecular complexity index is 742. The summed E-state index contributed by atoms with van der Waals surface area (Å²) in [6, 6.07) is 12.8. The van der Waals surface area contributed by atoms with Crippen molar-refractivity contribution < 1.29 is 14.0 Å². The molecule has 1 aliphatic carbocycles. The molecule has 2 aromatic carbocycles. The molecule has 124 valence electrons. The molecular weight excluding hydrogens is 309 g/mol. The molecule has 2 aromatic rings. The molecule has 0 bridgehead atoms. The highest BCUT2D eigenvalue weighted by atomic mass is 19.1. The molecule has 1 aliphatic rings. The van der Waals surface area contributed by atoms with Crippen LogP contribution in [0.25, 0.3) is 0 Å². The predicted molar refractivity (Wildman–Crippen MR) is 90.4 cm³/mol. The maximum absolute atomic E-state index is 13.5. The van der Waals surface area contributed by atoms with Crippen LogP contribution in [-0.4, -0.2) is 18.0 Å². The normalized spacial score (nSPS) is 13.2. The summed E-state index contributed by atoms with van der Waals surface area (Å²) in [5, 5.41) is 8.00. The highest BCUT2D eigenvalue weighted by Crippen LogP contribution is 2.19. The van der Waals surface area contributed by atoms with Gasteiger partial charge >= 0.3 is 6.03 Å². The van der Waals surface area contributed by atoms with E-state index < -0.39 is 11.8 Å². The topological polar surface area (TPSA) is 70.2 Å². The smallest absolute Gasteiger partial charge is 0.323 e. The van der Waals surface area contributed by atoms with Gasteiger partial charge in [0.2, 0.25) is 5.91 Å². The molecule has 0 atom stereocenters. The Morgan fingerprint density at radius 3 is 2.38 bits per heavy atom. The number of carbonyl (C=O) groups excluding carboxylic acids is 2. The number of rotatable bonds is 5. The number of hydrogen-bond donors (Lipinski definition) is 3. The van der Waals surface area contributed by atoms with Gasteiger partial charge in [-0.2, -0.15) is 0 Å². The van der Waals surface area contributed by atoms with Crippen LogP contribution >= 0.6 is 0 Å². The van der Waals surface area contributed by atoms with E-state index in [9.17, 15) is 14.0 Å². The first kappa shape index (κ1) is 16.0. The van der Waals surface area contributed by atoms with Gasteiger partial charge in [0.05, 0.1) is 12.1 Å². The minimum atomic E-state index is -0.528. The molecule has 0 spiro atoms. The minimum Gasteiger partial charge on any atom is -0.353 e. The van der Waals surface area contributed by atoms with Crippen molar-refractivity contribution in [1.82, 2.24) is 5.32 Å². The van der Waals surface area contributed by atoms with Gasteiger partial charge in [-0.25, -0.2) is 9.18 Å². The van der Waals surface area contributed by atoms with Crippen molar-refractivity contribution in [1.29, 1.82) is 0 Å². The van der Waals surface area contributed by atoms with Crippen LogP contribution in [0, 0.1) is 5.82 Å². The van der Waals surface area contributed by atoms with Gasteiger partial charge in [0.1, 0.15) is 5.82 Å². The van der Waals surface area contributed by atoms with Crippen LogP contribution in [0.1, 0.15) is 18.4 Å². The molecule has 0 unspecified atom stereocenters. The molecule has 0 heterocycles. The second-order valence-corrected chi connectivity index (χ2v) is 5.77. The zero-order valence-corrected chi connectivity index (χ0v) is 13.0. The van der Waals surface area contributed by atoms with Crippen molar-refractivity contribution >= 4 is 23.3 Å². The number of amides is 3. The van der Waals surface area contributed by atoms with Crippen LogP contribution in [-0.2, 0) is 11.2 Å². The van der Waals surface area contributed by atoms with E-state index in [4.69, 9.17) is 0 Å². The molecule has 0 radical (unpaired) electrons. The highest BCUT2D eigenvalue weighted by Gasteiger charge is 2.23. The summed E-state index contributed by atoms with van der Waals surface area (Å²) in [5.74, 6) is -0.486. The van der Waals surface area contributed by atoms with Crippen molar-refractivity contribution in [3.63, 3.8) is 0 Å². The first-order valence-corrected chi connectivity index (χ1v) is 7.81. The van der Waals surface area contributed by atoms with Crippen LogP contribution in [0.4, 0.5) is 20.6 Å². The fourth-order valence-electron chi connectivity index (χ4n) is 2.24. The van der Waals surface area contributed by atoms with Crippen molar-refractivity contribution in [3.8, 4) is 0 Å². The third kappa shape index (κ3) is 4.55. The molecule has 1 saturated carbocycles. The summed E-state index contributed by atoms with van der Waals surface area (Å²) >= 11 is 0. The summed E-state index contributed by atoms with van der Waals surface area (Å²) in [6.07, 6.45) is 2.44. The van der Waals surface area contributed by atoms with Gasteiger partial charge in [0, 0.05) is 11.7 Å². The summed E-state index contributed by atoms with van der Waals surface area (Å²) in [7, 11) is 0. The van der Waals surface area contributed by atoms with Gasteiger partial charge in [-0.05, 0) is 42.7 Å². The van der Waals surface area contributed by atoms with Gasteiger partial charge < -0.3 is 16.0 Å². The molecular formula is C18H18FN3O2. The first-order valence-electron chi connectivity index (χ1n) is 7.81. The SMILES string of the molecule is O=C(Cc1ccc(NC(=O)Nc2ccccc2F)cc1)NC1CC1. The molecule has 0 aliphatic heterocycles. The number of para-hydroxylation sites is 1. The lowest BCUT2D eigenvalue weighted by atomic mass is 10.1. The van der Waals surface area contributed by atoms with E-state index in [-0.39, 0.29) is 11.6 Å². The van der Waals surface area contributed by atoms with E-state index >= 15 is 0 Å². The lowest BCUT2D eigenvalue weighted by molar-refractivity contribution is -0.120. The number of anilines is 2. The van der Waals surface area contributed by atoms with E-state index in [1.54, 1.807) is 36.4 Å². The Labute approximate surface area is 139 Å². The van der Waals surface area contributed by atoms with Crippen LogP contribution in [0.2, 0.25) is 0 Å². The number of halogens is 1. The Kier molecular flexibility index (Phi) is 4.74. The Morgan fingerprint density at radius 1 is 1.00 bits per heavy atom. The van der Waals surface area contributed by atoms with Crippen molar-refractivity contribution in [3.05, 3.63) is 59.9 Å². The van der Waals surface area contributed by atoms with Crippen LogP contribution in [0.3, 0.4) is 0 Å². The monoisotopic (exact) mass is 327 g/mol. The zero-order valence-electron chi connectivity index (χ0n) is 13.0. The average molecular weight is 327 g/mol. The van der Waals surface area contributed by atoms with Gasteiger partial charge in [-0.15, -0.1) is 0 Å². The Hall–Kier alpha value is -2.89. The van der Waals surface area contributed by atoms with Crippen LogP contribution in [0.5, 0.6) is 0 Å². The standard InChI is InChI=1S/C18H18FN3O2/c19-15-3-1-2-4-16(15)22-18(24)21-14-7-5-12(6-8-14)11-17(23)20-13-9-10-13/h1-8,13H,9-11H2,(H,20,23)(H2,21,22,24). The molecule has 6 heteroatoms. The van der Waals surface area contributed by atoms with Gasteiger partial charge in [-0.3, -0.25) is 4.79 Å². The third-order valence-corrected chi connectivity index (χ3v) is 3.64. The molecule has 5 nitrogen and oxygen atoms in total. The second-order valence-electron chi connectivity index (χ2n) is 5.77. The van der Waals surface area contributed by atoms with Gasteiger partial charge in [0.25, 0.3) is 0 Å². The third-order valence-electron chi connectivity index (χ3n) is 3.64. The molecule has 24 heavy (non-hydrogen) atoms. The number of nitrogens with one attached hydrogen (secondary N) is 3. The zero-order chi connectivity index (χ0) is 16.9.